The molecule has 0 unspecified atom stereocenters. The summed E-state index contributed by atoms with van der Waals surface area (Å²) in [6, 6.07) is 15.7. The van der Waals surface area contributed by atoms with Gasteiger partial charge in [0.1, 0.15) is 23.8 Å². The molecule has 0 radical (unpaired) electrons. The van der Waals surface area contributed by atoms with Gasteiger partial charge < -0.3 is 10.6 Å². The van der Waals surface area contributed by atoms with Crippen molar-refractivity contribution in [3.8, 4) is 0 Å². The third kappa shape index (κ3) is 4.67. The molecule has 2 N–H and O–H groups in total. The van der Waals surface area contributed by atoms with Crippen molar-refractivity contribution in [2.45, 2.75) is 6.42 Å². The summed E-state index contributed by atoms with van der Waals surface area (Å²) in [5.41, 5.74) is 1.92. The van der Waals surface area contributed by atoms with Gasteiger partial charge in [0.15, 0.2) is 0 Å². The predicted octanol–water partition coefficient (Wildman–Crippen LogP) is 4.67. The van der Waals surface area contributed by atoms with Crippen LogP contribution in [-0.4, -0.2) is 16.5 Å². The molecule has 24 heavy (non-hydrogen) atoms. The molecule has 0 bridgehead atoms. The highest BCUT2D eigenvalue weighted by molar-refractivity contribution is 6.30. The van der Waals surface area contributed by atoms with Crippen LogP contribution < -0.4 is 10.6 Å². The van der Waals surface area contributed by atoms with Crippen LogP contribution in [-0.2, 0) is 6.42 Å². The first kappa shape index (κ1) is 16.2. The van der Waals surface area contributed by atoms with Crippen molar-refractivity contribution in [1.29, 1.82) is 0 Å². The van der Waals surface area contributed by atoms with Gasteiger partial charge in [0.05, 0.1) is 0 Å². The molecule has 0 spiro atoms. The maximum Gasteiger partial charge on any atom is 0.135 e. The highest BCUT2D eigenvalue weighted by Crippen LogP contribution is 2.19. The first-order valence-electron chi connectivity index (χ1n) is 7.52. The average molecular weight is 343 g/mol. The Balaban J connectivity index is 1.57. The van der Waals surface area contributed by atoms with E-state index in [4.69, 9.17) is 11.6 Å². The van der Waals surface area contributed by atoms with Crippen molar-refractivity contribution in [3.05, 3.63) is 77.3 Å². The van der Waals surface area contributed by atoms with E-state index < -0.39 is 0 Å². The van der Waals surface area contributed by atoms with Gasteiger partial charge in [0, 0.05) is 23.3 Å². The molecular formula is C18H16ClFN4. The Hall–Kier alpha value is -2.66. The first-order valence-corrected chi connectivity index (χ1v) is 7.90. The molecule has 0 fully saturated rings. The molecule has 0 amide bonds. The summed E-state index contributed by atoms with van der Waals surface area (Å²) >= 11 is 5.97. The molecule has 6 heteroatoms. The Morgan fingerprint density at radius 2 is 1.75 bits per heavy atom. The highest BCUT2D eigenvalue weighted by atomic mass is 35.5. The third-order valence-electron chi connectivity index (χ3n) is 3.40. The van der Waals surface area contributed by atoms with Crippen LogP contribution in [0.3, 0.4) is 0 Å². The largest absolute Gasteiger partial charge is 0.370 e. The number of anilines is 3. The smallest absolute Gasteiger partial charge is 0.135 e. The number of nitrogens with one attached hydrogen (secondary N) is 2. The zero-order chi connectivity index (χ0) is 16.8. The number of aromatic nitrogens is 2. The second kappa shape index (κ2) is 7.75. The number of nitrogens with zero attached hydrogens (tertiary/aromatic N) is 2. The van der Waals surface area contributed by atoms with E-state index in [1.165, 1.54) is 18.5 Å². The third-order valence-corrected chi connectivity index (χ3v) is 3.63. The van der Waals surface area contributed by atoms with Crippen LogP contribution in [0.25, 0.3) is 0 Å². The number of hydrogen-bond acceptors (Lipinski definition) is 4. The number of halogens is 2. The molecule has 0 aliphatic heterocycles. The fourth-order valence-electron chi connectivity index (χ4n) is 2.22. The van der Waals surface area contributed by atoms with Gasteiger partial charge in [-0.2, -0.15) is 0 Å². The molecule has 1 heterocycles. The standard InChI is InChI=1S/C18H16ClFN4/c19-14-2-1-3-16(10-14)24-18-11-17(22-12-23-18)21-9-8-13-4-6-15(20)7-5-13/h1-7,10-12H,8-9H2,(H2,21,22,23,24). The normalized spacial score (nSPS) is 10.4. The summed E-state index contributed by atoms with van der Waals surface area (Å²) in [4.78, 5) is 8.39. The van der Waals surface area contributed by atoms with Crippen molar-refractivity contribution >= 4 is 28.9 Å². The summed E-state index contributed by atoms with van der Waals surface area (Å²) < 4.78 is 12.9. The van der Waals surface area contributed by atoms with Crippen LogP contribution in [0, 0.1) is 5.82 Å². The number of benzene rings is 2. The van der Waals surface area contributed by atoms with Crippen LogP contribution in [0.4, 0.5) is 21.7 Å². The van der Waals surface area contributed by atoms with Gasteiger partial charge in [-0.05, 0) is 42.3 Å². The zero-order valence-electron chi connectivity index (χ0n) is 12.8. The topological polar surface area (TPSA) is 49.8 Å². The van der Waals surface area contributed by atoms with Gasteiger partial charge in [0.25, 0.3) is 0 Å². The maximum atomic E-state index is 12.9. The minimum absolute atomic E-state index is 0.223. The Morgan fingerprint density at radius 1 is 0.958 bits per heavy atom. The van der Waals surface area contributed by atoms with Gasteiger partial charge in [-0.25, -0.2) is 14.4 Å². The Morgan fingerprint density at radius 3 is 2.54 bits per heavy atom. The molecule has 0 aliphatic carbocycles. The van der Waals surface area contributed by atoms with E-state index in [1.807, 2.05) is 30.3 Å². The van der Waals surface area contributed by atoms with Crippen LogP contribution in [0.15, 0.2) is 60.9 Å². The van der Waals surface area contributed by atoms with Crippen LogP contribution in [0.1, 0.15) is 5.56 Å². The van der Waals surface area contributed by atoms with E-state index in [0.717, 1.165) is 23.5 Å². The molecule has 0 atom stereocenters. The van der Waals surface area contributed by atoms with Gasteiger partial charge >= 0.3 is 0 Å². The van der Waals surface area contributed by atoms with Gasteiger partial charge in [-0.1, -0.05) is 29.8 Å². The SMILES string of the molecule is Fc1ccc(CCNc2cc(Nc3cccc(Cl)c3)ncn2)cc1. The molecular weight excluding hydrogens is 327 g/mol. The van der Waals surface area contributed by atoms with Gasteiger partial charge in [-0.15, -0.1) is 0 Å². The van der Waals surface area contributed by atoms with E-state index in [2.05, 4.69) is 20.6 Å². The molecule has 1 aromatic heterocycles. The first-order chi connectivity index (χ1) is 11.7. The van der Waals surface area contributed by atoms with Crippen molar-refractivity contribution in [2.24, 2.45) is 0 Å². The van der Waals surface area contributed by atoms with Crippen molar-refractivity contribution in [2.75, 3.05) is 17.2 Å². The fourth-order valence-corrected chi connectivity index (χ4v) is 2.41. The molecule has 3 aromatic rings. The quantitative estimate of drug-likeness (QED) is 0.683. The van der Waals surface area contributed by atoms with Crippen LogP contribution in [0.5, 0.6) is 0 Å². The molecule has 122 valence electrons. The summed E-state index contributed by atoms with van der Waals surface area (Å²) in [6.45, 7) is 0.694. The summed E-state index contributed by atoms with van der Waals surface area (Å²) in [5.74, 6) is 1.17. The lowest BCUT2D eigenvalue weighted by molar-refractivity contribution is 0.627. The van der Waals surface area contributed by atoms with Crippen molar-refractivity contribution in [1.82, 2.24) is 9.97 Å². The molecule has 4 nitrogen and oxygen atoms in total. The van der Waals surface area contributed by atoms with Crippen molar-refractivity contribution < 1.29 is 4.39 Å². The summed E-state index contributed by atoms with van der Waals surface area (Å²) in [7, 11) is 0. The van der Waals surface area contributed by atoms with E-state index in [1.54, 1.807) is 12.1 Å². The average Bonchev–Trinajstić information content (AvgIpc) is 2.57. The van der Waals surface area contributed by atoms with Crippen LogP contribution >= 0.6 is 11.6 Å². The Bertz CT molecular complexity index is 808. The van der Waals surface area contributed by atoms with E-state index in [-0.39, 0.29) is 5.82 Å². The lowest BCUT2D eigenvalue weighted by atomic mass is 10.1. The molecule has 0 saturated carbocycles. The Labute approximate surface area is 144 Å². The number of rotatable bonds is 6. The maximum absolute atomic E-state index is 12.9. The second-order valence-electron chi connectivity index (χ2n) is 5.23. The van der Waals surface area contributed by atoms with Crippen molar-refractivity contribution in [3.63, 3.8) is 0 Å². The molecule has 3 rings (SSSR count). The van der Waals surface area contributed by atoms with Crippen LogP contribution in [0.2, 0.25) is 5.02 Å². The molecule has 0 aliphatic rings. The predicted molar refractivity (Wildman–Crippen MR) is 95.4 cm³/mol. The van der Waals surface area contributed by atoms with E-state index >= 15 is 0 Å². The highest BCUT2D eigenvalue weighted by Gasteiger charge is 2.01. The lowest BCUT2D eigenvalue weighted by Gasteiger charge is -2.09. The molecule has 2 aromatic carbocycles. The fraction of sp³-hybridized carbons (Fsp3) is 0.111. The zero-order valence-corrected chi connectivity index (χ0v) is 13.6. The number of hydrogen-bond donors (Lipinski definition) is 2. The summed E-state index contributed by atoms with van der Waals surface area (Å²) in [6.07, 6.45) is 2.27. The molecule has 0 saturated heterocycles. The Kier molecular flexibility index (Phi) is 5.23. The minimum Gasteiger partial charge on any atom is -0.370 e. The van der Waals surface area contributed by atoms with E-state index in [9.17, 15) is 4.39 Å². The van der Waals surface area contributed by atoms with Gasteiger partial charge in [0.2, 0.25) is 0 Å². The summed E-state index contributed by atoms with van der Waals surface area (Å²) in [5, 5.41) is 7.08. The van der Waals surface area contributed by atoms with E-state index in [0.29, 0.717) is 17.4 Å². The monoisotopic (exact) mass is 342 g/mol. The minimum atomic E-state index is -0.223. The lowest BCUT2D eigenvalue weighted by Crippen LogP contribution is -2.07. The van der Waals surface area contributed by atoms with Gasteiger partial charge in [-0.3, -0.25) is 0 Å². The second-order valence-corrected chi connectivity index (χ2v) is 5.66.